The van der Waals surface area contributed by atoms with Crippen LogP contribution in [0.2, 0.25) is 16.6 Å². The number of alkyl halides is 1. The number of rotatable bonds is 8. The Bertz CT molecular complexity index is 2340. The van der Waals surface area contributed by atoms with Gasteiger partial charge in [-0.1, -0.05) is 71.7 Å². The highest BCUT2D eigenvalue weighted by Crippen LogP contribution is 2.44. The number of aromatic nitrogens is 3. The van der Waals surface area contributed by atoms with E-state index in [0.29, 0.717) is 64.8 Å². The molecule has 2 aromatic carbocycles. The first-order valence-corrected chi connectivity index (χ1v) is 24.0. The number of nitrogens with zero attached hydrogens (tertiary/aromatic N) is 6. The van der Waals surface area contributed by atoms with Crippen molar-refractivity contribution in [2.45, 2.75) is 140 Å². The van der Waals surface area contributed by atoms with Gasteiger partial charge in [0.2, 0.25) is 0 Å². The highest BCUT2D eigenvalue weighted by atomic mass is 28.3. The average molecular weight is 841 g/mol. The Morgan fingerprint density at radius 2 is 1.68 bits per heavy atom. The molecule has 9 nitrogen and oxygen atoms in total. The third kappa shape index (κ3) is 7.39. The molecule has 4 saturated heterocycles. The summed E-state index contributed by atoms with van der Waals surface area (Å²) in [6, 6.07) is 8.32. The second kappa shape index (κ2) is 15.8. The molecule has 1 amide bonds. The van der Waals surface area contributed by atoms with E-state index < -0.39 is 37.0 Å². The molecule has 6 heterocycles. The summed E-state index contributed by atoms with van der Waals surface area (Å²) in [5.74, 6) is 2.64. The van der Waals surface area contributed by atoms with Gasteiger partial charge in [0, 0.05) is 43.2 Å². The van der Waals surface area contributed by atoms with Gasteiger partial charge in [0.05, 0.1) is 28.6 Å². The lowest BCUT2D eigenvalue weighted by Crippen LogP contribution is -2.57. The quantitative estimate of drug-likeness (QED) is 0.128. The summed E-state index contributed by atoms with van der Waals surface area (Å²) in [6.45, 7) is 21.1. The van der Waals surface area contributed by atoms with Crippen molar-refractivity contribution in [2.75, 3.05) is 37.7 Å². The summed E-state index contributed by atoms with van der Waals surface area (Å²) in [4.78, 5) is 33.8. The van der Waals surface area contributed by atoms with Crippen LogP contribution in [0.4, 0.5) is 23.8 Å². The van der Waals surface area contributed by atoms with Crippen LogP contribution in [0.1, 0.15) is 100.0 Å². The maximum atomic E-state index is 17.6. The van der Waals surface area contributed by atoms with Crippen molar-refractivity contribution in [3.8, 4) is 28.7 Å². The lowest BCUT2D eigenvalue weighted by Gasteiger charge is -2.42. The summed E-state index contributed by atoms with van der Waals surface area (Å²) in [6.07, 6.45) is 4.01. The van der Waals surface area contributed by atoms with Gasteiger partial charge in [0.15, 0.2) is 5.82 Å². The van der Waals surface area contributed by atoms with E-state index in [1.54, 1.807) is 18.3 Å². The highest BCUT2D eigenvalue weighted by molar-refractivity contribution is 6.90. The van der Waals surface area contributed by atoms with E-state index in [-0.39, 0.29) is 47.6 Å². The van der Waals surface area contributed by atoms with Crippen LogP contribution < -0.4 is 9.64 Å². The van der Waals surface area contributed by atoms with Crippen LogP contribution in [-0.2, 0) is 4.74 Å². The molecule has 320 valence electrons. The smallest absolute Gasteiger partial charge is 0.410 e. The summed E-state index contributed by atoms with van der Waals surface area (Å²) in [5, 5.41) is 1.62. The Hall–Kier alpha value is -4.41. The van der Waals surface area contributed by atoms with E-state index in [1.165, 1.54) is 6.07 Å². The molecule has 4 aliphatic rings. The molecule has 4 aliphatic heterocycles. The zero-order valence-electron chi connectivity index (χ0n) is 36.5. The first-order valence-electron chi connectivity index (χ1n) is 21.8. The number of anilines is 1. The molecule has 13 heteroatoms. The molecule has 0 spiro atoms. The Morgan fingerprint density at radius 1 is 0.983 bits per heavy atom. The predicted molar refractivity (Wildman–Crippen MR) is 234 cm³/mol. The van der Waals surface area contributed by atoms with Crippen molar-refractivity contribution in [1.29, 1.82) is 0 Å². The molecule has 2 bridgehead atoms. The number of carbonyl (C=O) groups is 1. The Kier molecular flexibility index (Phi) is 11.1. The number of amides is 1. The summed E-state index contributed by atoms with van der Waals surface area (Å²) >= 11 is 0. The number of piperazine rings is 1. The van der Waals surface area contributed by atoms with Crippen LogP contribution in [0.15, 0.2) is 36.5 Å². The second-order valence-corrected chi connectivity index (χ2v) is 25.1. The maximum absolute atomic E-state index is 17.6. The Labute approximate surface area is 353 Å². The van der Waals surface area contributed by atoms with Crippen molar-refractivity contribution in [2.24, 2.45) is 0 Å². The van der Waals surface area contributed by atoms with Crippen LogP contribution in [0.5, 0.6) is 6.01 Å². The van der Waals surface area contributed by atoms with Gasteiger partial charge in [-0.15, -0.1) is 5.54 Å². The summed E-state index contributed by atoms with van der Waals surface area (Å²) in [7, 11) is -2.26. The van der Waals surface area contributed by atoms with Crippen molar-refractivity contribution >= 4 is 41.7 Å². The molecule has 0 N–H and O–H groups in total. The summed E-state index contributed by atoms with van der Waals surface area (Å²) < 4.78 is 60.6. The zero-order chi connectivity index (χ0) is 42.9. The minimum absolute atomic E-state index is 0.00752. The lowest BCUT2D eigenvalue weighted by atomic mass is 9.95. The number of halogens is 3. The Balaban J connectivity index is 1.25. The molecule has 8 rings (SSSR count). The van der Waals surface area contributed by atoms with E-state index in [0.717, 1.165) is 37.6 Å². The third-order valence-electron chi connectivity index (χ3n) is 13.8. The van der Waals surface area contributed by atoms with Gasteiger partial charge in [0.1, 0.15) is 49.3 Å². The molecule has 0 saturated carbocycles. The summed E-state index contributed by atoms with van der Waals surface area (Å²) in [5.41, 5.74) is 4.27. The topological polar surface area (TPSA) is 83.9 Å². The van der Waals surface area contributed by atoms with E-state index >= 15 is 8.78 Å². The first kappa shape index (κ1) is 42.3. The van der Waals surface area contributed by atoms with Gasteiger partial charge in [-0.3, -0.25) is 14.8 Å². The number of hydrogen-bond acceptors (Lipinski definition) is 8. The van der Waals surface area contributed by atoms with Gasteiger partial charge in [-0.05, 0) is 81.1 Å². The van der Waals surface area contributed by atoms with Crippen LogP contribution >= 0.6 is 0 Å². The van der Waals surface area contributed by atoms with Crippen molar-refractivity contribution in [3.63, 3.8) is 0 Å². The van der Waals surface area contributed by atoms with E-state index in [1.807, 2.05) is 37.8 Å². The van der Waals surface area contributed by atoms with E-state index in [2.05, 4.69) is 62.8 Å². The van der Waals surface area contributed by atoms with Crippen molar-refractivity contribution in [1.82, 2.24) is 24.8 Å². The number of hydrogen-bond donors (Lipinski definition) is 0. The van der Waals surface area contributed by atoms with Crippen LogP contribution in [0, 0.1) is 23.1 Å². The molecule has 4 aromatic rings. The molecule has 2 aromatic heterocycles. The molecule has 60 heavy (non-hydrogen) atoms. The molecule has 0 radical (unpaired) electrons. The largest absolute Gasteiger partial charge is 0.461 e. The predicted octanol–water partition coefficient (Wildman–Crippen LogP) is 10.2. The van der Waals surface area contributed by atoms with Gasteiger partial charge in [0.25, 0.3) is 0 Å². The standard InChI is InChI=1S/C47H59F3N6O3Si/c1-28(2)60(29(3)4,30(5)6)21-18-35-38(49)17-14-31-12-10-13-36(39(31)35)41-40(50)42-37(23-51-41)43(53-44(52-42)58-27-47-19-11-20-55(47)24-32(48)22-47)54-25-33-15-16-34(26-54)56(33)45(57)59-46(7,8)9/h10,12-14,17,23,28-30,32-34H,11,15-16,19-20,22,24-27H2,1-9H3/t32-,33?,34?,47+/m1/s1. The molecular formula is C47H59F3N6O3Si. The second-order valence-electron chi connectivity index (χ2n) is 19.5. The molecular weight excluding hydrogens is 782 g/mol. The van der Waals surface area contributed by atoms with Crippen LogP contribution in [0.3, 0.4) is 0 Å². The first-order chi connectivity index (χ1) is 28.4. The average Bonchev–Trinajstić information content (AvgIpc) is 3.80. The third-order valence-corrected chi connectivity index (χ3v) is 20.1. The molecule has 2 unspecified atom stereocenters. The number of benzene rings is 2. The number of pyridine rings is 1. The van der Waals surface area contributed by atoms with Crippen molar-refractivity contribution in [3.05, 3.63) is 53.7 Å². The number of fused-ring (bicyclic) bond motifs is 5. The van der Waals surface area contributed by atoms with Crippen LogP contribution in [-0.4, -0.2) is 101 Å². The van der Waals surface area contributed by atoms with Gasteiger partial charge < -0.3 is 14.4 Å². The normalized spacial score (nSPS) is 23.3. The minimum Gasteiger partial charge on any atom is -0.461 e. The monoisotopic (exact) mass is 840 g/mol. The lowest BCUT2D eigenvalue weighted by molar-refractivity contribution is 0.0122. The SMILES string of the molecule is CC(C)[Si](C#Cc1c(F)ccc2cccc(-c3ncc4c(N5CC6CCC(C5)N6C(=O)OC(C)(C)C)nc(OC[C@@]56CCCN5C[C@H](F)C6)nc4c3F)c12)(C(C)C)C(C)C. The molecule has 0 aliphatic carbocycles. The fourth-order valence-electron chi connectivity index (χ4n) is 11.1. The van der Waals surface area contributed by atoms with Gasteiger partial charge in [-0.25, -0.2) is 18.0 Å². The maximum Gasteiger partial charge on any atom is 0.410 e. The fourth-order valence-corrected chi connectivity index (χ4v) is 16.3. The van der Waals surface area contributed by atoms with E-state index in [4.69, 9.17) is 24.4 Å². The van der Waals surface area contributed by atoms with Gasteiger partial charge in [-0.2, -0.15) is 9.97 Å². The molecule has 4 fully saturated rings. The minimum atomic E-state index is -2.26. The number of carbonyl (C=O) groups excluding carboxylic acids is 1. The Morgan fingerprint density at radius 3 is 2.35 bits per heavy atom. The zero-order valence-corrected chi connectivity index (χ0v) is 37.5. The number of ether oxygens (including phenoxy) is 2. The van der Waals surface area contributed by atoms with E-state index in [9.17, 15) is 9.18 Å². The van der Waals surface area contributed by atoms with Crippen LogP contribution in [0.25, 0.3) is 32.9 Å². The van der Waals surface area contributed by atoms with Gasteiger partial charge >= 0.3 is 12.1 Å². The highest BCUT2D eigenvalue weighted by Gasteiger charge is 2.50. The van der Waals surface area contributed by atoms with Crippen molar-refractivity contribution < 1.29 is 27.4 Å². The molecule has 4 atom stereocenters. The fraction of sp³-hybridized carbons (Fsp3) is 0.574.